The lowest BCUT2D eigenvalue weighted by Gasteiger charge is -2.49. The quantitative estimate of drug-likeness (QED) is 0.570. The highest BCUT2D eigenvalue weighted by Gasteiger charge is 2.55. The van der Waals surface area contributed by atoms with Crippen molar-refractivity contribution < 1.29 is 32.3 Å². The maximum atomic E-state index is 14.8. The normalized spacial score (nSPS) is 23.5. The molecular weight excluding hydrogens is 320 g/mol. The number of rotatable bonds is 4. The minimum absolute atomic E-state index is 0.118. The van der Waals surface area contributed by atoms with Crippen molar-refractivity contribution in [3.05, 3.63) is 0 Å². The second-order valence-corrected chi connectivity index (χ2v) is 6.11. The van der Waals surface area contributed by atoms with Crippen molar-refractivity contribution >= 4 is 11.9 Å². The molecule has 0 bridgehead atoms. The van der Waals surface area contributed by atoms with Crippen LogP contribution in [0.1, 0.15) is 44.9 Å². The molecule has 1 saturated carbocycles. The van der Waals surface area contributed by atoms with Gasteiger partial charge in [0.05, 0.1) is 11.5 Å². The number of aliphatic carboxylic acids is 1. The van der Waals surface area contributed by atoms with Crippen molar-refractivity contribution in [1.29, 1.82) is 0 Å². The predicted octanol–water partition coefficient (Wildman–Crippen LogP) is 1.18. The van der Waals surface area contributed by atoms with Gasteiger partial charge in [0.2, 0.25) is 6.42 Å². The Morgan fingerprint density at radius 3 is 2.00 bits per heavy atom. The molecule has 2 rings (SSSR count). The van der Waals surface area contributed by atoms with Gasteiger partial charge in [0.25, 0.3) is 0 Å². The van der Waals surface area contributed by atoms with Crippen LogP contribution in [-0.2, 0) is 9.59 Å². The van der Waals surface area contributed by atoms with Crippen LogP contribution in [0.25, 0.3) is 0 Å². The fourth-order valence-corrected chi connectivity index (χ4v) is 3.43. The van der Waals surface area contributed by atoms with Gasteiger partial charge in [-0.25, -0.2) is 4.39 Å². The number of alkyl halides is 4. The fourth-order valence-electron chi connectivity index (χ4n) is 3.43. The largest absolute Gasteiger partial charge is 0.548 e. The Morgan fingerprint density at radius 1 is 1.04 bits per heavy atom. The maximum Gasteiger partial charge on any atom is 0.471 e. The minimum atomic E-state index is -5.34. The molecule has 1 heterocycles. The molecule has 1 saturated heterocycles. The third kappa shape index (κ3) is 3.44. The molecule has 1 unspecified atom stereocenters. The van der Waals surface area contributed by atoms with Gasteiger partial charge in [0, 0.05) is 13.1 Å². The lowest BCUT2D eigenvalue weighted by Crippen LogP contribution is -2.68. The second-order valence-electron chi connectivity index (χ2n) is 6.11. The molecular formula is C14H19F4N2O3-. The molecule has 23 heavy (non-hydrogen) atoms. The second kappa shape index (κ2) is 6.62. The first kappa shape index (κ1) is 18.0. The summed E-state index contributed by atoms with van der Waals surface area (Å²) >= 11 is 0. The van der Waals surface area contributed by atoms with Gasteiger partial charge in [-0.3, -0.25) is 14.6 Å². The molecule has 0 spiro atoms. The van der Waals surface area contributed by atoms with E-state index in [1.54, 1.807) is 0 Å². The standard InChI is InChI=1S/C14H20F4N2O3/c15-12(19-8-4-5-9-19)20(10(21)14(16,17)18)13(11(22)23)6-2-1-3-7-13/h12H,1-9H2,(H,22,23)/p-1. The van der Waals surface area contributed by atoms with Gasteiger partial charge in [-0.2, -0.15) is 13.2 Å². The van der Waals surface area contributed by atoms with Gasteiger partial charge in [0.15, 0.2) is 0 Å². The van der Waals surface area contributed by atoms with Crippen molar-refractivity contribution in [2.75, 3.05) is 13.1 Å². The summed E-state index contributed by atoms with van der Waals surface area (Å²) in [7, 11) is 0. The van der Waals surface area contributed by atoms with E-state index in [1.165, 1.54) is 0 Å². The van der Waals surface area contributed by atoms with Crippen LogP contribution in [0.5, 0.6) is 0 Å². The average molecular weight is 339 g/mol. The van der Waals surface area contributed by atoms with Gasteiger partial charge in [-0.05, 0) is 25.7 Å². The number of hydrogen-bond acceptors (Lipinski definition) is 4. The number of carboxylic acids is 1. The van der Waals surface area contributed by atoms with E-state index in [0.29, 0.717) is 32.1 Å². The van der Waals surface area contributed by atoms with Crippen molar-refractivity contribution in [2.24, 2.45) is 0 Å². The zero-order chi connectivity index (χ0) is 17.3. The van der Waals surface area contributed by atoms with E-state index in [4.69, 9.17) is 0 Å². The number of carbonyl (C=O) groups is 2. The zero-order valence-corrected chi connectivity index (χ0v) is 12.6. The van der Waals surface area contributed by atoms with E-state index < -0.39 is 30.0 Å². The molecule has 1 aliphatic heterocycles. The Morgan fingerprint density at radius 2 is 1.57 bits per heavy atom. The third-order valence-corrected chi connectivity index (χ3v) is 4.64. The Kier molecular flexibility index (Phi) is 5.17. The summed E-state index contributed by atoms with van der Waals surface area (Å²) in [6.45, 7) is 0.373. The molecule has 2 aliphatic rings. The summed E-state index contributed by atoms with van der Waals surface area (Å²) in [6, 6.07) is 0. The highest BCUT2D eigenvalue weighted by atomic mass is 19.4. The lowest BCUT2D eigenvalue weighted by molar-refractivity contribution is -0.325. The van der Waals surface area contributed by atoms with Crippen molar-refractivity contribution in [2.45, 2.75) is 63.1 Å². The zero-order valence-electron chi connectivity index (χ0n) is 12.6. The maximum absolute atomic E-state index is 14.8. The molecule has 9 heteroatoms. The van der Waals surface area contributed by atoms with Gasteiger partial charge in [0.1, 0.15) is 0 Å². The van der Waals surface area contributed by atoms with E-state index in [1.807, 2.05) is 0 Å². The number of carbonyl (C=O) groups excluding carboxylic acids is 2. The van der Waals surface area contributed by atoms with Crippen molar-refractivity contribution in [3.8, 4) is 0 Å². The Balaban J connectivity index is 2.41. The highest BCUT2D eigenvalue weighted by molar-refractivity contribution is 5.89. The van der Waals surface area contributed by atoms with Crippen molar-refractivity contribution in [1.82, 2.24) is 9.80 Å². The van der Waals surface area contributed by atoms with E-state index >= 15 is 0 Å². The lowest BCUT2D eigenvalue weighted by atomic mass is 9.80. The molecule has 132 valence electrons. The van der Waals surface area contributed by atoms with Crippen molar-refractivity contribution in [3.63, 3.8) is 0 Å². The number of halogens is 4. The van der Waals surface area contributed by atoms with E-state index in [9.17, 15) is 32.3 Å². The molecule has 2 fully saturated rings. The first-order chi connectivity index (χ1) is 10.7. The van der Waals surface area contributed by atoms with Gasteiger partial charge >= 0.3 is 12.1 Å². The highest BCUT2D eigenvalue weighted by Crippen LogP contribution is 2.38. The molecule has 0 aromatic heterocycles. The molecule has 1 atom stereocenters. The molecule has 1 aliphatic carbocycles. The summed E-state index contributed by atoms with van der Waals surface area (Å²) < 4.78 is 53.6. The van der Waals surface area contributed by atoms with Crippen LogP contribution in [0.4, 0.5) is 17.6 Å². The van der Waals surface area contributed by atoms with E-state index in [2.05, 4.69) is 0 Å². The van der Waals surface area contributed by atoms with E-state index in [0.717, 1.165) is 4.90 Å². The van der Waals surface area contributed by atoms with Crippen LogP contribution in [0.2, 0.25) is 0 Å². The van der Waals surface area contributed by atoms with Crippen LogP contribution >= 0.6 is 0 Å². The average Bonchev–Trinajstić information content (AvgIpc) is 3.01. The smallest absolute Gasteiger partial charge is 0.471 e. The molecule has 0 aromatic rings. The van der Waals surface area contributed by atoms with Crippen LogP contribution in [0.3, 0.4) is 0 Å². The minimum Gasteiger partial charge on any atom is -0.548 e. The van der Waals surface area contributed by atoms with Gasteiger partial charge in [-0.15, -0.1) is 0 Å². The van der Waals surface area contributed by atoms with Crippen LogP contribution in [0, 0.1) is 0 Å². The summed E-state index contributed by atoms with van der Waals surface area (Å²) in [6.07, 6.45) is -5.79. The summed E-state index contributed by atoms with van der Waals surface area (Å²) in [5.74, 6) is -4.28. The number of hydrogen-bond donors (Lipinski definition) is 0. The molecule has 0 radical (unpaired) electrons. The number of carboxylic acid groups (broad SMARTS) is 1. The first-order valence-electron chi connectivity index (χ1n) is 7.70. The molecule has 1 amide bonds. The number of amides is 1. The van der Waals surface area contributed by atoms with Gasteiger partial charge in [-0.1, -0.05) is 19.3 Å². The predicted molar refractivity (Wildman–Crippen MR) is 69.4 cm³/mol. The fraction of sp³-hybridized carbons (Fsp3) is 0.857. The summed E-state index contributed by atoms with van der Waals surface area (Å²) in [5.41, 5.74) is -2.24. The van der Waals surface area contributed by atoms with Gasteiger partial charge < -0.3 is 9.90 Å². The molecule has 0 N–H and O–H groups in total. The Bertz CT molecular complexity index is 457. The number of likely N-dealkylation sites (tertiary alicyclic amines) is 1. The molecule has 0 aromatic carbocycles. The van der Waals surface area contributed by atoms with Crippen LogP contribution in [-0.4, -0.2) is 52.9 Å². The third-order valence-electron chi connectivity index (χ3n) is 4.64. The van der Waals surface area contributed by atoms with Crippen LogP contribution in [0.15, 0.2) is 0 Å². The van der Waals surface area contributed by atoms with E-state index in [-0.39, 0.29) is 30.8 Å². The number of nitrogens with zero attached hydrogens (tertiary/aromatic N) is 2. The molecule has 5 nitrogen and oxygen atoms in total. The topological polar surface area (TPSA) is 63.7 Å². The summed E-state index contributed by atoms with van der Waals surface area (Å²) in [4.78, 5) is 24.4. The SMILES string of the molecule is O=C(N(C(F)N1CCCC1)C1(C(=O)[O-])CCCCC1)C(F)(F)F. The van der Waals surface area contributed by atoms with Crippen LogP contribution < -0.4 is 5.11 Å². The first-order valence-corrected chi connectivity index (χ1v) is 7.70. The Labute approximate surface area is 131 Å². The monoisotopic (exact) mass is 339 g/mol. The Hall–Kier alpha value is -1.38. The summed E-state index contributed by atoms with van der Waals surface area (Å²) in [5, 5.41) is 11.6.